The van der Waals surface area contributed by atoms with E-state index in [4.69, 9.17) is 4.74 Å². The molecule has 9 heteroatoms. The molecule has 0 unspecified atom stereocenters. The summed E-state index contributed by atoms with van der Waals surface area (Å²) in [7, 11) is 1.53. The van der Waals surface area contributed by atoms with E-state index in [-0.39, 0.29) is 6.42 Å². The zero-order valence-corrected chi connectivity index (χ0v) is 18.7. The Bertz CT molecular complexity index is 1130. The number of carbonyl (C=O) groups is 3. The fourth-order valence-electron chi connectivity index (χ4n) is 3.66. The first-order valence-electron chi connectivity index (χ1n) is 10.3. The van der Waals surface area contributed by atoms with Gasteiger partial charge in [0.05, 0.1) is 19.2 Å². The second-order valence-electron chi connectivity index (χ2n) is 7.45. The van der Waals surface area contributed by atoms with Crippen molar-refractivity contribution in [1.29, 1.82) is 0 Å². The molecule has 0 spiro atoms. The van der Waals surface area contributed by atoms with Gasteiger partial charge in [0.2, 0.25) is 5.91 Å². The van der Waals surface area contributed by atoms with Gasteiger partial charge in [-0.2, -0.15) is 0 Å². The number of nitrogens with zero attached hydrogens (tertiary/aromatic N) is 2. The summed E-state index contributed by atoms with van der Waals surface area (Å²) in [6.45, 7) is 0.298. The van der Waals surface area contributed by atoms with Gasteiger partial charge in [-0.25, -0.2) is 14.1 Å². The van der Waals surface area contributed by atoms with E-state index in [0.29, 0.717) is 30.1 Å². The maximum absolute atomic E-state index is 13.3. The molecule has 4 amide bonds. The van der Waals surface area contributed by atoms with Crippen LogP contribution in [0.1, 0.15) is 11.3 Å². The molecule has 33 heavy (non-hydrogen) atoms. The van der Waals surface area contributed by atoms with Gasteiger partial charge in [0.15, 0.2) is 0 Å². The Labute approximate surface area is 194 Å². The second kappa shape index (κ2) is 9.83. The third-order valence-corrected chi connectivity index (χ3v) is 6.27. The first-order chi connectivity index (χ1) is 16.0. The minimum atomic E-state index is -0.944. The zero-order chi connectivity index (χ0) is 23.4. The van der Waals surface area contributed by atoms with Crippen molar-refractivity contribution in [2.24, 2.45) is 0 Å². The van der Waals surface area contributed by atoms with Crippen molar-refractivity contribution in [3.63, 3.8) is 0 Å². The molecule has 1 saturated heterocycles. The van der Waals surface area contributed by atoms with E-state index in [1.807, 2.05) is 17.5 Å². The largest absolute Gasteiger partial charge is 0.497 e. The molecule has 1 fully saturated rings. The molecular weight excluding hydrogens is 445 g/mol. The first kappa shape index (κ1) is 22.5. The highest BCUT2D eigenvalue weighted by atomic mass is 32.1. The SMILES string of the molecule is COc1ccc(N2C(=O)[C@H](CC(=O)Nc3ccc(F)cc3)N(CCc3cccs3)C2=O)cc1. The number of anilines is 2. The second-order valence-corrected chi connectivity index (χ2v) is 8.48. The molecule has 1 atom stereocenters. The van der Waals surface area contributed by atoms with Crippen molar-refractivity contribution in [3.8, 4) is 5.75 Å². The molecule has 0 aliphatic carbocycles. The summed E-state index contributed by atoms with van der Waals surface area (Å²) in [5, 5.41) is 4.61. The van der Waals surface area contributed by atoms with E-state index in [2.05, 4.69) is 5.32 Å². The number of ether oxygens (including phenoxy) is 1. The van der Waals surface area contributed by atoms with Crippen LogP contribution < -0.4 is 15.0 Å². The summed E-state index contributed by atoms with van der Waals surface area (Å²) in [5.41, 5.74) is 0.823. The Balaban J connectivity index is 1.54. The van der Waals surface area contributed by atoms with Crippen molar-refractivity contribution in [2.75, 3.05) is 23.9 Å². The standard InChI is InChI=1S/C24H22FN3O4S/c1-32-19-10-8-18(9-11-19)28-23(30)21(15-22(29)26-17-6-4-16(25)5-7-17)27(24(28)31)13-12-20-3-2-14-33-20/h2-11,14,21H,12-13,15H2,1H3,(H,26,29)/t21-/m0/s1. The number of nitrogens with one attached hydrogen (secondary N) is 1. The molecule has 1 aromatic heterocycles. The van der Waals surface area contributed by atoms with Crippen molar-refractivity contribution in [1.82, 2.24) is 4.90 Å². The van der Waals surface area contributed by atoms with Crippen molar-refractivity contribution in [3.05, 3.63) is 76.7 Å². The van der Waals surface area contributed by atoms with Gasteiger partial charge in [-0.3, -0.25) is 9.59 Å². The van der Waals surface area contributed by atoms with Crippen LogP contribution in [0.15, 0.2) is 66.0 Å². The molecule has 0 radical (unpaired) electrons. The highest BCUT2D eigenvalue weighted by Gasteiger charge is 2.46. The van der Waals surface area contributed by atoms with E-state index in [1.54, 1.807) is 35.6 Å². The van der Waals surface area contributed by atoms with Crippen LogP contribution in [0.3, 0.4) is 0 Å². The fourth-order valence-corrected chi connectivity index (χ4v) is 4.36. The number of thiophene rings is 1. The van der Waals surface area contributed by atoms with E-state index in [0.717, 1.165) is 9.78 Å². The molecule has 2 aromatic carbocycles. The topological polar surface area (TPSA) is 79.0 Å². The summed E-state index contributed by atoms with van der Waals surface area (Å²) in [4.78, 5) is 42.8. The van der Waals surface area contributed by atoms with Gasteiger partial charge in [-0.1, -0.05) is 6.07 Å². The van der Waals surface area contributed by atoms with Crippen molar-refractivity contribution < 1.29 is 23.5 Å². The predicted octanol–water partition coefficient (Wildman–Crippen LogP) is 4.30. The monoisotopic (exact) mass is 467 g/mol. The Morgan fingerprint density at radius 3 is 2.45 bits per heavy atom. The van der Waals surface area contributed by atoms with Crippen molar-refractivity contribution in [2.45, 2.75) is 18.9 Å². The van der Waals surface area contributed by atoms with Gasteiger partial charge < -0.3 is 15.0 Å². The number of rotatable bonds is 8. The molecular formula is C24H22FN3O4S. The molecule has 0 bridgehead atoms. The molecule has 7 nitrogen and oxygen atoms in total. The molecule has 3 aromatic rings. The van der Waals surface area contributed by atoms with Gasteiger partial charge in [-0.15, -0.1) is 11.3 Å². The molecule has 0 saturated carbocycles. The highest BCUT2D eigenvalue weighted by molar-refractivity contribution is 7.09. The van der Waals surface area contributed by atoms with E-state index >= 15 is 0 Å². The lowest BCUT2D eigenvalue weighted by Gasteiger charge is -2.21. The minimum absolute atomic E-state index is 0.209. The van der Waals surface area contributed by atoms with Gasteiger partial charge in [0, 0.05) is 17.1 Å². The fraction of sp³-hybridized carbons (Fsp3) is 0.208. The van der Waals surface area contributed by atoms with Crippen molar-refractivity contribution >= 4 is 40.6 Å². The Morgan fingerprint density at radius 1 is 1.09 bits per heavy atom. The normalized spacial score (nSPS) is 15.8. The molecule has 2 heterocycles. The summed E-state index contributed by atoms with van der Waals surface area (Å²) in [6, 6.07) is 14.4. The minimum Gasteiger partial charge on any atom is -0.497 e. The number of hydrogen-bond donors (Lipinski definition) is 1. The lowest BCUT2D eigenvalue weighted by Crippen LogP contribution is -2.39. The lowest BCUT2D eigenvalue weighted by molar-refractivity contribution is -0.124. The smallest absolute Gasteiger partial charge is 0.332 e. The predicted molar refractivity (Wildman–Crippen MR) is 124 cm³/mol. The molecule has 1 aliphatic heterocycles. The van der Waals surface area contributed by atoms with Crippen LogP contribution in [0.4, 0.5) is 20.6 Å². The average Bonchev–Trinajstić information content (AvgIpc) is 3.41. The van der Waals surface area contributed by atoms with Crippen LogP contribution in [-0.2, 0) is 16.0 Å². The lowest BCUT2D eigenvalue weighted by atomic mass is 10.1. The van der Waals surface area contributed by atoms with Crippen LogP contribution in [0.25, 0.3) is 0 Å². The number of imide groups is 1. The number of carbonyl (C=O) groups excluding carboxylic acids is 3. The van der Waals surface area contributed by atoms with Gasteiger partial charge in [0.1, 0.15) is 17.6 Å². The maximum atomic E-state index is 13.3. The summed E-state index contributed by atoms with van der Waals surface area (Å²) in [5.74, 6) is -0.724. The third-order valence-electron chi connectivity index (χ3n) is 5.34. The molecule has 1 N–H and O–H groups in total. The zero-order valence-electron chi connectivity index (χ0n) is 17.9. The van der Waals surface area contributed by atoms with E-state index in [1.165, 1.54) is 36.3 Å². The molecule has 1 aliphatic rings. The highest BCUT2D eigenvalue weighted by Crippen LogP contribution is 2.29. The van der Waals surface area contributed by atoms with E-state index in [9.17, 15) is 18.8 Å². The van der Waals surface area contributed by atoms with Crippen LogP contribution in [0, 0.1) is 5.82 Å². The van der Waals surface area contributed by atoms with Crippen LogP contribution >= 0.6 is 11.3 Å². The average molecular weight is 468 g/mol. The summed E-state index contributed by atoms with van der Waals surface area (Å²) >= 11 is 1.57. The quantitative estimate of drug-likeness (QED) is 0.501. The van der Waals surface area contributed by atoms with Crippen LogP contribution in [-0.4, -0.2) is 42.4 Å². The number of hydrogen-bond acceptors (Lipinski definition) is 5. The van der Waals surface area contributed by atoms with Crippen LogP contribution in [0.2, 0.25) is 0 Å². The third kappa shape index (κ3) is 5.04. The van der Waals surface area contributed by atoms with Gasteiger partial charge in [-0.05, 0) is 66.4 Å². The Hall–Kier alpha value is -3.72. The Kier molecular flexibility index (Phi) is 6.69. The van der Waals surface area contributed by atoms with Crippen LogP contribution in [0.5, 0.6) is 5.75 Å². The van der Waals surface area contributed by atoms with Gasteiger partial charge >= 0.3 is 6.03 Å². The van der Waals surface area contributed by atoms with Gasteiger partial charge in [0.25, 0.3) is 5.91 Å². The number of halogens is 1. The maximum Gasteiger partial charge on any atom is 0.332 e. The number of urea groups is 1. The number of benzene rings is 2. The number of amides is 4. The molecule has 170 valence electrons. The molecule has 4 rings (SSSR count). The Morgan fingerprint density at radius 2 is 1.82 bits per heavy atom. The summed E-state index contributed by atoms with van der Waals surface area (Å²) < 4.78 is 18.3. The van der Waals surface area contributed by atoms with E-state index < -0.39 is 29.7 Å². The summed E-state index contributed by atoms with van der Waals surface area (Å²) in [6.07, 6.45) is 0.363. The first-order valence-corrected chi connectivity index (χ1v) is 11.2. The number of methoxy groups -OCH3 is 1.